The first kappa shape index (κ1) is 10.3. The lowest BCUT2D eigenvalue weighted by Gasteiger charge is -2.34. The zero-order chi connectivity index (χ0) is 11.0. The van der Waals surface area contributed by atoms with Crippen molar-refractivity contribution in [2.45, 2.75) is 50.9 Å². The molecular weight excluding hydrogens is 198 g/mol. The Morgan fingerprint density at radius 2 is 1.62 bits per heavy atom. The third kappa shape index (κ3) is 1.76. The van der Waals surface area contributed by atoms with E-state index in [1.54, 1.807) is 0 Å². The average Bonchev–Trinajstić information content (AvgIpc) is 2.73. The number of hydrogen-bond donors (Lipinski definition) is 1. The van der Waals surface area contributed by atoms with E-state index in [1.165, 1.54) is 24.0 Å². The fourth-order valence-electron chi connectivity index (χ4n) is 3.11. The Morgan fingerprint density at radius 3 is 2.25 bits per heavy atom. The van der Waals surface area contributed by atoms with Crippen molar-refractivity contribution < 1.29 is 5.11 Å². The Morgan fingerprint density at radius 1 is 1.00 bits per heavy atom. The van der Waals surface area contributed by atoms with Gasteiger partial charge in [-0.3, -0.25) is 4.90 Å². The van der Waals surface area contributed by atoms with Gasteiger partial charge < -0.3 is 5.11 Å². The van der Waals surface area contributed by atoms with Crippen molar-refractivity contribution in [1.82, 2.24) is 4.90 Å². The van der Waals surface area contributed by atoms with Crippen LogP contribution in [0, 0.1) is 0 Å². The second-order valence-corrected chi connectivity index (χ2v) is 5.09. The predicted molar refractivity (Wildman–Crippen MR) is 64.0 cm³/mol. The quantitative estimate of drug-likeness (QED) is 0.780. The highest BCUT2D eigenvalue weighted by molar-refractivity contribution is 5.30. The van der Waals surface area contributed by atoms with Crippen molar-refractivity contribution in [2.75, 3.05) is 0 Å². The Kier molecular flexibility index (Phi) is 2.70. The number of benzene rings is 1. The number of fused-ring (bicyclic) bond motifs is 1. The summed E-state index contributed by atoms with van der Waals surface area (Å²) in [5.74, 6) is 0. The van der Waals surface area contributed by atoms with Crippen LogP contribution >= 0.6 is 0 Å². The van der Waals surface area contributed by atoms with E-state index in [1.807, 2.05) is 0 Å². The molecule has 0 spiro atoms. The maximum atomic E-state index is 10.1. The molecule has 0 bridgehead atoms. The zero-order valence-electron chi connectivity index (χ0n) is 9.60. The molecule has 2 heteroatoms. The van der Waals surface area contributed by atoms with E-state index in [-0.39, 0.29) is 6.10 Å². The second kappa shape index (κ2) is 4.19. The van der Waals surface area contributed by atoms with E-state index in [0.29, 0.717) is 6.04 Å². The van der Waals surface area contributed by atoms with Crippen LogP contribution in [0.3, 0.4) is 0 Å². The fraction of sp³-hybridized carbons (Fsp3) is 0.571. The summed E-state index contributed by atoms with van der Waals surface area (Å²) in [6.45, 7) is 2.05. The summed E-state index contributed by atoms with van der Waals surface area (Å²) in [5.41, 5.74) is 2.89. The van der Waals surface area contributed by atoms with Crippen molar-refractivity contribution in [3.8, 4) is 0 Å². The number of rotatable bonds is 1. The zero-order valence-corrected chi connectivity index (χ0v) is 9.60. The van der Waals surface area contributed by atoms with Gasteiger partial charge in [0, 0.05) is 19.1 Å². The van der Waals surface area contributed by atoms with Crippen molar-refractivity contribution in [3.05, 3.63) is 35.4 Å². The summed E-state index contributed by atoms with van der Waals surface area (Å²) < 4.78 is 0. The number of aliphatic hydroxyl groups is 1. The summed E-state index contributed by atoms with van der Waals surface area (Å²) in [7, 11) is 0. The van der Waals surface area contributed by atoms with E-state index in [4.69, 9.17) is 0 Å². The van der Waals surface area contributed by atoms with Gasteiger partial charge in [-0.15, -0.1) is 0 Å². The highest BCUT2D eigenvalue weighted by atomic mass is 16.3. The van der Waals surface area contributed by atoms with Crippen LogP contribution in [0.5, 0.6) is 0 Å². The minimum absolute atomic E-state index is 0.108. The summed E-state index contributed by atoms with van der Waals surface area (Å²) in [6, 6.07) is 9.04. The van der Waals surface area contributed by atoms with Gasteiger partial charge in [0.1, 0.15) is 0 Å². The van der Waals surface area contributed by atoms with Crippen LogP contribution in [-0.2, 0) is 13.1 Å². The van der Waals surface area contributed by atoms with E-state index in [0.717, 1.165) is 25.9 Å². The standard InChI is InChI=1S/C14H19NO/c16-14-8-4-3-7-13(14)15-9-11-5-1-2-6-12(11)10-15/h1-2,5-6,13-14,16H,3-4,7-10H2/t13-,14-/m1/s1. The van der Waals surface area contributed by atoms with E-state index in [9.17, 15) is 5.11 Å². The van der Waals surface area contributed by atoms with Crippen molar-refractivity contribution in [3.63, 3.8) is 0 Å². The molecule has 2 aliphatic rings. The van der Waals surface area contributed by atoms with Crippen LogP contribution in [0.1, 0.15) is 36.8 Å². The smallest absolute Gasteiger partial charge is 0.0695 e. The molecular formula is C14H19NO. The van der Waals surface area contributed by atoms with Crippen LogP contribution in [0.4, 0.5) is 0 Å². The van der Waals surface area contributed by atoms with Gasteiger partial charge in [0.15, 0.2) is 0 Å². The Bertz CT molecular complexity index is 352. The molecule has 1 saturated carbocycles. The monoisotopic (exact) mass is 217 g/mol. The minimum atomic E-state index is -0.108. The number of aliphatic hydroxyl groups excluding tert-OH is 1. The molecule has 0 radical (unpaired) electrons. The lowest BCUT2D eigenvalue weighted by atomic mass is 9.91. The van der Waals surface area contributed by atoms with Crippen LogP contribution in [0.25, 0.3) is 0 Å². The first-order valence-electron chi connectivity index (χ1n) is 6.33. The molecule has 0 unspecified atom stereocenters. The topological polar surface area (TPSA) is 23.5 Å². The lowest BCUT2D eigenvalue weighted by molar-refractivity contribution is 0.0177. The second-order valence-electron chi connectivity index (χ2n) is 5.09. The van der Waals surface area contributed by atoms with Crippen molar-refractivity contribution in [2.24, 2.45) is 0 Å². The molecule has 1 aliphatic carbocycles. The van der Waals surface area contributed by atoms with Crippen LogP contribution < -0.4 is 0 Å². The van der Waals surface area contributed by atoms with Crippen LogP contribution in [0.15, 0.2) is 24.3 Å². The Balaban J connectivity index is 1.75. The molecule has 3 rings (SSSR count). The molecule has 2 atom stereocenters. The van der Waals surface area contributed by atoms with Gasteiger partial charge >= 0.3 is 0 Å². The molecule has 1 N–H and O–H groups in total. The average molecular weight is 217 g/mol. The normalized spacial score (nSPS) is 30.3. The SMILES string of the molecule is O[C@@H]1CCCC[C@H]1N1Cc2ccccc2C1. The molecule has 0 amide bonds. The molecule has 2 nitrogen and oxygen atoms in total. The van der Waals surface area contributed by atoms with Crippen LogP contribution in [-0.4, -0.2) is 22.2 Å². The summed E-state index contributed by atoms with van der Waals surface area (Å²) >= 11 is 0. The molecule has 1 aliphatic heterocycles. The van der Waals surface area contributed by atoms with Gasteiger partial charge in [0.2, 0.25) is 0 Å². The number of nitrogens with zero attached hydrogens (tertiary/aromatic N) is 1. The molecule has 86 valence electrons. The predicted octanol–water partition coefficient (Wildman–Crippen LogP) is 2.31. The summed E-state index contributed by atoms with van der Waals surface area (Å²) in [4.78, 5) is 2.45. The molecule has 1 aromatic rings. The van der Waals surface area contributed by atoms with E-state index in [2.05, 4.69) is 29.2 Å². The highest BCUT2D eigenvalue weighted by Crippen LogP contribution is 2.30. The third-order valence-corrected chi connectivity index (χ3v) is 4.03. The van der Waals surface area contributed by atoms with E-state index < -0.39 is 0 Å². The largest absolute Gasteiger partial charge is 0.391 e. The molecule has 16 heavy (non-hydrogen) atoms. The maximum absolute atomic E-state index is 10.1. The first-order valence-corrected chi connectivity index (χ1v) is 6.33. The molecule has 1 fully saturated rings. The first-order chi connectivity index (χ1) is 7.84. The van der Waals surface area contributed by atoms with Gasteiger partial charge in [-0.2, -0.15) is 0 Å². The van der Waals surface area contributed by atoms with Crippen LogP contribution in [0.2, 0.25) is 0 Å². The maximum Gasteiger partial charge on any atom is 0.0695 e. The molecule has 0 aromatic heterocycles. The van der Waals surface area contributed by atoms with E-state index >= 15 is 0 Å². The molecule has 0 saturated heterocycles. The number of hydrogen-bond acceptors (Lipinski definition) is 2. The van der Waals surface area contributed by atoms with Crippen molar-refractivity contribution >= 4 is 0 Å². The Hall–Kier alpha value is -0.860. The summed E-state index contributed by atoms with van der Waals surface area (Å²) in [5, 5.41) is 10.1. The Labute approximate surface area is 96.9 Å². The van der Waals surface area contributed by atoms with Gasteiger partial charge in [0.25, 0.3) is 0 Å². The fourth-order valence-corrected chi connectivity index (χ4v) is 3.11. The van der Waals surface area contributed by atoms with Gasteiger partial charge in [-0.1, -0.05) is 37.1 Å². The molecule has 1 heterocycles. The third-order valence-electron chi connectivity index (χ3n) is 4.03. The van der Waals surface area contributed by atoms with Crippen molar-refractivity contribution in [1.29, 1.82) is 0 Å². The molecule has 1 aromatic carbocycles. The van der Waals surface area contributed by atoms with Gasteiger partial charge in [-0.05, 0) is 24.0 Å². The van der Waals surface area contributed by atoms with Gasteiger partial charge in [-0.25, -0.2) is 0 Å². The summed E-state index contributed by atoms with van der Waals surface area (Å²) in [6.07, 6.45) is 4.50. The highest BCUT2D eigenvalue weighted by Gasteiger charge is 2.31. The lowest BCUT2D eigenvalue weighted by Crippen LogP contribution is -2.42. The minimum Gasteiger partial charge on any atom is -0.391 e. The van der Waals surface area contributed by atoms with Gasteiger partial charge in [0.05, 0.1) is 6.10 Å².